The highest BCUT2D eigenvalue weighted by Crippen LogP contribution is 2.51. The van der Waals surface area contributed by atoms with Crippen molar-refractivity contribution in [1.82, 2.24) is 10.6 Å². The lowest BCUT2D eigenvalue weighted by molar-refractivity contribution is -0.153. The van der Waals surface area contributed by atoms with Crippen LogP contribution in [0.15, 0.2) is 44.7 Å². The highest BCUT2D eigenvalue weighted by Gasteiger charge is 2.52. The molecular formula is C38H43Br2Cl3F6N2O8P2S. The van der Waals surface area contributed by atoms with Crippen molar-refractivity contribution in [3.05, 3.63) is 77.0 Å². The predicted octanol–water partition coefficient (Wildman–Crippen LogP) is 12.2. The predicted molar refractivity (Wildman–Crippen MR) is 239 cm³/mol. The van der Waals surface area contributed by atoms with E-state index >= 15 is 0 Å². The molecule has 4 heterocycles. The van der Waals surface area contributed by atoms with Crippen molar-refractivity contribution >= 4 is 115 Å². The lowest BCUT2D eigenvalue weighted by Crippen LogP contribution is -2.51. The fourth-order valence-electron chi connectivity index (χ4n) is 7.32. The lowest BCUT2D eigenvalue weighted by Gasteiger charge is -2.38. The number of hydrogen-bond acceptors (Lipinski definition) is 9. The van der Waals surface area contributed by atoms with E-state index in [1.54, 1.807) is 19.1 Å². The van der Waals surface area contributed by atoms with Gasteiger partial charge in [0.25, 0.3) is 11.8 Å². The maximum absolute atomic E-state index is 13.1. The summed E-state index contributed by atoms with van der Waals surface area (Å²) in [5.41, 5.74) is -1.13. The smallest absolute Gasteiger partial charge is 0.412 e. The van der Waals surface area contributed by atoms with Gasteiger partial charge in [0.2, 0.25) is 8.38 Å². The minimum atomic E-state index is -4.47. The molecule has 2 aromatic carbocycles. The Hall–Kier alpha value is -1.21. The second kappa shape index (κ2) is 21.2. The van der Waals surface area contributed by atoms with Crippen molar-refractivity contribution in [2.75, 3.05) is 39.8 Å². The molecule has 6 rings (SSSR count). The summed E-state index contributed by atoms with van der Waals surface area (Å²) in [5, 5.41) is 17.5. The van der Waals surface area contributed by atoms with E-state index in [9.17, 15) is 41.0 Å². The number of aryl methyl sites for hydroxylation is 2. The number of aliphatic hydroxyl groups excluding tert-OH is 1. The van der Waals surface area contributed by atoms with E-state index in [-0.39, 0.29) is 46.7 Å². The average molecular weight is 1130 g/mol. The highest BCUT2D eigenvalue weighted by molar-refractivity contribution is 9.10. The van der Waals surface area contributed by atoms with Crippen LogP contribution in [0, 0.1) is 13.8 Å². The molecule has 10 nitrogen and oxygen atoms in total. The zero-order valence-corrected chi connectivity index (χ0v) is 41.9. The number of rotatable bonds is 8. The molecule has 2 saturated heterocycles. The molecule has 3 N–H and O–H groups in total. The Bertz CT molecular complexity index is 2100. The molecule has 4 aliphatic heterocycles. The molecule has 0 aromatic heterocycles. The number of nitrogens with one attached hydrogen (secondary N) is 2. The average Bonchev–Trinajstić information content (AvgIpc) is 3.48. The SMILES string of the molecule is CP(=S)(Cl)OCC(F)(F)F.Cc1cc(Br)cc(Cl)c1C1=C(O)C2(CCOC(C)C2)NC1=O.Cc1cc(Br)cc(Cl)c1C1=C(OP(C)OCC(F)(F)F)C2(CCOC(C)C2)NC1=O. The number of carbonyl (C=O) groups is 2. The normalized spacial score (nSPS) is 25.4. The molecule has 6 atom stereocenters. The van der Waals surface area contributed by atoms with Crippen molar-refractivity contribution in [2.45, 2.75) is 89.0 Å². The Morgan fingerprint density at radius 2 is 1.29 bits per heavy atom. The van der Waals surface area contributed by atoms with Crippen molar-refractivity contribution in [3.8, 4) is 0 Å². The summed E-state index contributed by atoms with van der Waals surface area (Å²) >= 11 is 29.2. The number of hydrogen-bond donors (Lipinski definition) is 3. The third-order valence-corrected chi connectivity index (χ3v) is 13.4. The first-order valence-corrected chi connectivity index (χ1v) is 26.6. The third kappa shape index (κ3) is 14.2. The minimum Gasteiger partial charge on any atom is -0.509 e. The monoisotopic (exact) mass is 1130 g/mol. The Kier molecular flexibility index (Phi) is 18.2. The Morgan fingerprint density at radius 3 is 1.73 bits per heavy atom. The first kappa shape index (κ1) is 53.4. The second-order valence-corrected chi connectivity index (χ2v) is 25.3. The van der Waals surface area contributed by atoms with Crippen LogP contribution >= 0.6 is 80.3 Å². The van der Waals surface area contributed by atoms with Gasteiger partial charge in [-0.1, -0.05) is 78.1 Å². The van der Waals surface area contributed by atoms with Crippen molar-refractivity contribution < 1.29 is 64.1 Å². The summed E-state index contributed by atoms with van der Waals surface area (Å²) in [6, 6.07) is 7.08. The van der Waals surface area contributed by atoms with Gasteiger partial charge in [0.1, 0.15) is 34.8 Å². The number of benzene rings is 2. The molecule has 2 amide bonds. The topological polar surface area (TPSA) is 125 Å². The van der Waals surface area contributed by atoms with Crippen molar-refractivity contribution in [1.29, 1.82) is 0 Å². The van der Waals surface area contributed by atoms with Gasteiger partial charge in [0.15, 0.2) is 6.61 Å². The standard InChI is InChI=1S/C19H21BrClF3NO4P.C16H17BrClNO3.C3H5ClF3OPS/c1-10-6-12(20)7-13(21)14(10)15-16(29-30(3)28-9-19(22,23)24)18(25-17(15)26)4-5-27-11(2)8-18;1-8-5-10(17)6-11(18)12(8)13-14(20)16(19-15(13)21)3-4-22-9(2)7-16;1-9(4,10)8-2-3(5,6)7/h6-7,11H,4-5,8-9H2,1-3H3,(H,25,26);5-6,9,20H,3-4,7H2,1-2H3,(H,19,21);2H2,1H3. The van der Waals surface area contributed by atoms with Gasteiger partial charge in [-0.15, -0.1) is 0 Å². The van der Waals surface area contributed by atoms with Crippen LogP contribution in [-0.4, -0.2) is 92.3 Å². The van der Waals surface area contributed by atoms with E-state index in [1.165, 1.54) is 13.3 Å². The van der Waals surface area contributed by atoms with Gasteiger partial charge in [-0.3, -0.25) is 9.59 Å². The second-order valence-electron chi connectivity index (χ2n) is 15.0. The van der Waals surface area contributed by atoms with Gasteiger partial charge >= 0.3 is 12.4 Å². The van der Waals surface area contributed by atoms with Gasteiger partial charge < -0.3 is 38.8 Å². The van der Waals surface area contributed by atoms with Gasteiger partial charge in [0, 0.05) is 72.3 Å². The van der Waals surface area contributed by atoms with Crippen molar-refractivity contribution in [3.63, 3.8) is 0 Å². The summed E-state index contributed by atoms with van der Waals surface area (Å²) in [5.74, 6) is -0.310. The number of aliphatic hydroxyl groups is 1. The van der Waals surface area contributed by atoms with E-state index in [1.807, 2.05) is 32.9 Å². The highest BCUT2D eigenvalue weighted by atomic mass is 79.9. The van der Waals surface area contributed by atoms with Gasteiger partial charge in [-0.25, -0.2) is 0 Å². The van der Waals surface area contributed by atoms with Gasteiger partial charge in [-0.05, 0) is 63.1 Å². The number of alkyl halides is 6. The van der Waals surface area contributed by atoms with Crippen LogP contribution < -0.4 is 10.6 Å². The first-order chi connectivity index (χ1) is 28.5. The summed E-state index contributed by atoms with van der Waals surface area (Å²) in [6.45, 7) is 8.29. The fourth-order valence-corrected chi connectivity index (χ4v) is 11.0. The number of amides is 2. The summed E-state index contributed by atoms with van der Waals surface area (Å²) in [4.78, 5) is 25.6. The number of halogens is 11. The molecule has 62 heavy (non-hydrogen) atoms. The molecular weight excluding hydrogens is 1090 g/mol. The van der Waals surface area contributed by atoms with E-state index in [0.29, 0.717) is 60.1 Å². The molecule has 2 spiro atoms. The zero-order valence-electron chi connectivity index (χ0n) is 33.9. The fraction of sp³-hybridized carbons (Fsp3) is 0.526. The molecule has 0 bridgehead atoms. The summed E-state index contributed by atoms with van der Waals surface area (Å²) in [6.07, 6.45) is -7.03. The Balaban J connectivity index is 0.000000230. The molecule has 0 aliphatic carbocycles. The quantitative estimate of drug-likeness (QED) is 0.175. The summed E-state index contributed by atoms with van der Waals surface area (Å²) < 4.78 is 99.6. The Labute approximate surface area is 393 Å². The first-order valence-electron chi connectivity index (χ1n) is 18.5. The molecule has 346 valence electrons. The molecule has 4 aliphatic rings. The van der Waals surface area contributed by atoms with Crippen molar-refractivity contribution in [2.24, 2.45) is 0 Å². The molecule has 6 unspecified atom stereocenters. The largest absolute Gasteiger partial charge is 0.509 e. The maximum Gasteiger partial charge on any atom is 0.412 e. The van der Waals surface area contributed by atoms with Crippen LogP contribution in [0.4, 0.5) is 26.3 Å². The number of ether oxygens (including phenoxy) is 2. The maximum atomic E-state index is 13.1. The van der Waals surface area contributed by atoms with Crippen LogP contribution in [-0.2, 0) is 44.4 Å². The third-order valence-electron chi connectivity index (χ3n) is 9.74. The van der Waals surface area contributed by atoms with Crippen LogP contribution in [0.25, 0.3) is 11.1 Å². The lowest BCUT2D eigenvalue weighted by atomic mass is 9.85. The Morgan fingerprint density at radius 1 is 0.855 bits per heavy atom. The molecule has 2 aromatic rings. The van der Waals surface area contributed by atoms with Gasteiger partial charge in [0.05, 0.1) is 33.4 Å². The zero-order chi connectivity index (χ0) is 46.7. The van der Waals surface area contributed by atoms with E-state index in [2.05, 4.69) is 58.8 Å². The molecule has 24 heteroatoms. The van der Waals surface area contributed by atoms with E-state index < -0.39 is 50.6 Å². The van der Waals surface area contributed by atoms with E-state index in [4.69, 9.17) is 53.0 Å². The molecule has 2 fully saturated rings. The van der Waals surface area contributed by atoms with Crippen LogP contribution in [0.1, 0.15) is 61.8 Å². The molecule has 0 saturated carbocycles. The van der Waals surface area contributed by atoms with Crippen LogP contribution in [0.3, 0.4) is 0 Å². The van der Waals surface area contributed by atoms with E-state index in [0.717, 1.165) is 20.1 Å². The van der Waals surface area contributed by atoms with Crippen LogP contribution in [0.2, 0.25) is 10.0 Å². The number of carbonyl (C=O) groups excluding carboxylic acids is 2. The minimum absolute atomic E-state index is 0.0166. The summed E-state index contributed by atoms with van der Waals surface area (Å²) in [7, 11) is -1.95. The molecule has 0 radical (unpaired) electrons. The van der Waals surface area contributed by atoms with Crippen LogP contribution in [0.5, 0.6) is 0 Å². The van der Waals surface area contributed by atoms with Gasteiger partial charge in [-0.2, -0.15) is 26.3 Å².